The number of pyridine rings is 1. The number of nitrogens with zero attached hydrogens (tertiary/aromatic N) is 2. The van der Waals surface area contributed by atoms with E-state index >= 15 is 0 Å². The van der Waals surface area contributed by atoms with E-state index in [4.69, 9.17) is 4.42 Å². The van der Waals surface area contributed by atoms with E-state index in [-0.39, 0.29) is 0 Å². The van der Waals surface area contributed by atoms with Crippen molar-refractivity contribution in [3.8, 4) is 0 Å². The third-order valence-corrected chi connectivity index (χ3v) is 3.21. The van der Waals surface area contributed by atoms with E-state index in [0.29, 0.717) is 5.22 Å². The van der Waals surface area contributed by atoms with E-state index in [9.17, 15) is 0 Å². The van der Waals surface area contributed by atoms with Crippen molar-refractivity contribution < 1.29 is 4.42 Å². The van der Waals surface area contributed by atoms with Crippen LogP contribution in [0.15, 0.2) is 34.2 Å². The predicted molar refractivity (Wildman–Crippen MR) is 73.8 cm³/mol. The number of anilines is 1. The van der Waals surface area contributed by atoms with Crippen LogP contribution >= 0.6 is 11.8 Å². The van der Waals surface area contributed by atoms with Gasteiger partial charge in [0.05, 0.1) is 11.4 Å². The number of aromatic nitrogens is 2. The van der Waals surface area contributed by atoms with Crippen LogP contribution in [0.3, 0.4) is 0 Å². The van der Waals surface area contributed by atoms with E-state index in [0.717, 1.165) is 35.8 Å². The SMILES string of the molecule is CCCNc1ccnc(CSc2nc(C)co2)c1. The van der Waals surface area contributed by atoms with Gasteiger partial charge in [0.1, 0.15) is 6.26 Å². The van der Waals surface area contributed by atoms with Crippen molar-refractivity contribution in [2.24, 2.45) is 0 Å². The lowest BCUT2D eigenvalue weighted by Crippen LogP contribution is -2.00. The molecule has 0 atom stereocenters. The first-order valence-electron chi connectivity index (χ1n) is 6.01. The first-order chi connectivity index (χ1) is 8.78. The van der Waals surface area contributed by atoms with Crippen LogP contribution in [0.1, 0.15) is 24.7 Å². The molecule has 18 heavy (non-hydrogen) atoms. The zero-order valence-corrected chi connectivity index (χ0v) is 11.5. The molecule has 4 nitrogen and oxygen atoms in total. The van der Waals surface area contributed by atoms with Crippen LogP contribution < -0.4 is 5.32 Å². The molecule has 0 aromatic carbocycles. The normalized spacial score (nSPS) is 10.6. The van der Waals surface area contributed by atoms with E-state index in [1.807, 2.05) is 19.2 Å². The average molecular weight is 263 g/mol. The monoisotopic (exact) mass is 263 g/mol. The molecule has 0 aliphatic heterocycles. The van der Waals surface area contributed by atoms with Crippen molar-refractivity contribution in [3.05, 3.63) is 36.0 Å². The second-order valence-electron chi connectivity index (χ2n) is 4.01. The number of rotatable bonds is 6. The molecule has 0 saturated carbocycles. The fourth-order valence-corrected chi connectivity index (χ4v) is 2.22. The topological polar surface area (TPSA) is 51.0 Å². The number of thioether (sulfide) groups is 1. The van der Waals surface area contributed by atoms with Gasteiger partial charge in [0.2, 0.25) is 0 Å². The van der Waals surface area contributed by atoms with Crippen molar-refractivity contribution >= 4 is 17.4 Å². The third-order valence-electron chi connectivity index (χ3n) is 2.34. The molecule has 2 heterocycles. The Hall–Kier alpha value is -1.49. The van der Waals surface area contributed by atoms with Gasteiger partial charge >= 0.3 is 0 Å². The molecule has 1 N–H and O–H groups in total. The van der Waals surface area contributed by atoms with E-state index in [2.05, 4.69) is 28.3 Å². The Morgan fingerprint density at radius 1 is 1.44 bits per heavy atom. The second-order valence-corrected chi connectivity index (χ2v) is 4.93. The van der Waals surface area contributed by atoms with Crippen LogP contribution in [0.5, 0.6) is 0 Å². The minimum absolute atomic E-state index is 0.696. The number of nitrogens with one attached hydrogen (secondary N) is 1. The summed E-state index contributed by atoms with van der Waals surface area (Å²) in [5.74, 6) is 0.765. The molecule has 0 bridgehead atoms. The molecule has 0 aliphatic carbocycles. The molecule has 0 unspecified atom stereocenters. The van der Waals surface area contributed by atoms with Crippen LogP contribution in [-0.4, -0.2) is 16.5 Å². The largest absolute Gasteiger partial charge is 0.440 e. The van der Waals surface area contributed by atoms with Crippen LogP contribution in [0.25, 0.3) is 0 Å². The van der Waals surface area contributed by atoms with Gasteiger partial charge in [-0.05, 0) is 25.5 Å². The van der Waals surface area contributed by atoms with Gasteiger partial charge in [-0.2, -0.15) is 0 Å². The van der Waals surface area contributed by atoms with Crippen molar-refractivity contribution in [2.45, 2.75) is 31.2 Å². The summed E-state index contributed by atoms with van der Waals surface area (Å²) in [6.07, 6.45) is 4.60. The lowest BCUT2D eigenvalue weighted by molar-refractivity contribution is 0.454. The molecule has 0 aliphatic rings. The molecule has 0 amide bonds. The van der Waals surface area contributed by atoms with Crippen molar-refractivity contribution in [1.29, 1.82) is 0 Å². The highest BCUT2D eigenvalue weighted by Crippen LogP contribution is 2.22. The Kier molecular flexibility index (Phi) is 4.64. The highest BCUT2D eigenvalue weighted by atomic mass is 32.2. The zero-order chi connectivity index (χ0) is 12.8. The maximum atomic E-state index is 5.29. The Morgan fingerprint density at radius 3 is 3.06 bits per heavy atom. The minimum Gasteiger partial charge on any atom is -0.440 e. The molecular formula is C13H17N3OS. The molecule has 0 saturated heterocycles. The Morgan fingerprint density at radius 2 is 2.33 bits per heavy atom. The van der Waals surface area contributed by atoms with Gasteiger partial charge in [-0.15, -0.1) is 0 Å². The average Bonchev–Trinajstić information content (AvgIpc) is 2.80. The summed E-state index contributed by atoms with van der Waals surface area (Å²) in [6.45, 7) is 5.05. The summed E-state index contributed by atoms with van der Waals surface area (Å²) in [4.78, 5) is 8.59. The molecule has 2 aromatic heterocycles. The molecule has 0 spiro atoms. The van der Waals surface area contributed by atoms with Gasteiger partial charge in [-0.1, -0.05) is 18.7 Å². The van der Waals surface area contributed by atoms with Crippen molar-refractivity contribution in [1.82, 2.24) is 9.97 Å². The van der Waals surface area contributed by atoms with E-state index < -0.39 is 0 Å². The molecular weight excluding hydrogens is 246 g/mol. The highest BCUT2D eigenvalue weighted by molar-refractivity contribution is 7.98. The lowest BCUT2D eigenvalue weighted by Gasteiger charge is -2.05. The summed E-state index contributed by atoms with van der Waals surface area (Å²) < 4.78 is 5.29. The standard InChI is InChI=1S/C13H17N3OS/c1-3-5-14-11-4-6-15-12(7-11)9-18-13-16-10(2)8-17-13/h4,6-8H,3,5,9H2,1-2H3,(H,14,15). The molecule has 0 fully saturated rings. The van der Waals surface area contributed by atoms with Gasteiger partial charge in [-0.25, -0.2) is 4.98 Å². The zero-order valence-electron chi connectivity index (χ0n) is 10.6. The van der Waals surface area contributed by atoms with E-state index in [1.54, 1.807) is 18.0 Å². The van der Waals surface area contributed by atoms with Crippen molar-refractivity contribution in [2.75, 3.05) is 11.9 Å². The van der Waals surface area contributed by atoms with Gasteiger partial charge in [0.15, 0.2) is 0 Å². The Bertz CT molecular complexity index is 498. The van der Waals surface area contributed by atoms with Crippen LogP contribution in [-0.2, 0) is 5.75 Å². The lowest BCUT2D eigenvalue weighted by atomic mass is 10.3. The third kappa shape index (κ3) is 3.77. The summed E-state index contributed by atoms with van der Waals surface area (Å²) in [7, 11) is 0. The maximum absolute atomic E-state index is 5.29. The van der Waals surface area contributed by atoms with E-state index in [1.165, 1.54) is 0 Å². The molecule has 96 valence electrons. The molecule has 2 rings (SSSR count). The van der Waals surface area contributed by atoms with Gasteiger partial charge in [0, 0.05) is 24.2 Å². The van der Waals surface area contributed by atoms with Gasteiger partial charge < -0.3 is 9.73 Å². The summed E-state index contributed by atoms with van der Waals surface area (Å²) >= 11 is 1.56. The smallest absolute Gasteiger partial charge is 0.256 e. The maximum Gasteiger partial charge on any atom is 0.256 e. The highest BCUT2D eigenvalue weighted by Gasteiger charge is 2.03. The number of hydrogen-bond donors (Lipinski definition) is 1. The summed E-state index contributed by atoms with van der Waals surface area (Å²) in [5, 5.41) is 4.04. The number of oxazole rings is 1. The number of hydrogen-bond acceptors (Lipinski definition) is 5. The summed E-state index contributed by atoms with van der Waals surface area (Å²) in [6, 6.07) is 4.05. The fraction of sp³-hybridized carbons (Fsp3) is 0.385. The Labute approximate surface area is 111 Å². The predicted octanol–water partition coefficient (Wildman–Crippen LogP) is 3.49. The fourth-order valence-electron chi connectivity index (χ4n) is 1.47. The summed E-state index contributed by atoms with van der Waals surface area (Å²) in [5.41, 5.74) is 3.05. The molecule has 5 heteroatoms. The first kappa shape index (κ1) is 13.0. The second kappa shape index (κ2) is 6.44. The first-order valence-corrected chi connectivity index (χ1v) is 7.00. The van der Waals surface area contributed by atoms with Crippen LogP contribution in [0.2, 0.25) is 0 Å². The van der Waals surface area contributed by atoms with Crippen LogP contribution in [0, 0.1) is 6.92 Å². The molecule has 0 radical (unpaired) electrons. The quantitative estimate of drug-likeness (QED) is 0.808. The van der Waals surface area contributed by atoms with Gasteiger partial charge in [-0.3, -0.25) is 4.98 Å². The Balaban J connectivity index is 1.92. The van der Waals surface area contributed by atoms with Crippen LogP contribution in [0.4, 0.5) is 5.69 Å². The molecule has 2 aromatic rings. The van der Waals surface area contributed by atoms with Gasteiger partial charge in [0.25, 0.3) is 5.22 Å². The minimum atomic E-state index is 0.696. The number of aryl methyl sites for hydroxylation is 1. The van der Waals surface area contributed by atoms with Crippen molar-refractivity contribution in [3.63, 3.8) is 0 Å².